The molecule has 276 valence electrons. The minimum Gasteiger partial charge on any atom is -0.507 e. The number of piperazine rings is 1. The fraction of sp³-hybridized carbons (Fsp3) is 0.368. The van der Waals surface area contributed by atoms with Crippen molar-refractivity contribution in [2.45, 2.75) is 12.1 Å². The van der Waals surface area contributed by atoms with E-state index in [0.29, 0.717) is 94.8 Å². The van der Waals surface area contributed by atoms with E-state index in [1.807, 2.05) is 36.4 Å². The molecule has 2 atom stereocenters. The first-order valence-corrected chi connectivity index (χ1v) is 16.6. The predicted molar refractivity (Wildman–Crippen MR) is 187 cm³/mol. The van der Waals surface area contributed by atoms with Crippen LogP contribution in [0.25, 0.3) is 0 Å². The van der Waals surface area contributed by atoms with Crippen LogP contribution < -0.4 is 47.4 Å². The third-order valence-electron chi connectivity index (χ3n) is 9.72. The van der Waals surface area contributed by atoms with Crippen LogP contribution in [-0.4, -0.2) is 102 Å². The quantitative estimate of drug-likeness (QED) is 0.201. The summed E-state index contributed by atoms with van der Waals surface area (Å²) < 4.78 is 56.7. The highest BCUT2D eigenvalue weighted by molar-refractivity contribution is 5.60. The predicted octanol–water partition coefficient (Wildman–Crippen LogP) is 5.10. The molecule has 0 unspecified atom stereocenters. The molecule has 0 radical (unpaired) electrons. The summed E-state index contributed by atoms with van der Waals surface area (Å²) in [6, 6.07) is 13.5. The fourth-order valence-corrected chi connectivity index (χ4v) is 7.28. The molecule has 1 saturated heterocycles. The van der Waals surface area contributed by atoms with Gasteiger partial charge in [0.1, 0.15) is 11.5 Å². The van der Waals surface area contributed by atoms with Crippen molar-refractivity contribution in [2.75, 3.05) is 82.4 Å². The molecule has 2 N–H and O–H groups in total. The van der Waals surface area contributed by atoms with Gasteiger partial charge >= 0.3 is 0 Å². The number of aromatic hydroxyl groups is 2. The van der Waals surface area contributed by atoms with Gasteiger partial charge in [-0.2, -0.15) is 0 Å². The number of hydrogen-bond donors (Lipinski definition) is 2. The Morgan fingerprint density at radius 3 is 1.06 bits per heavy atom. The first-order chi connectivity index (χ1) is 25.3. The molecule has 3 aliphatic rings. The van der Waals surface area contributed by atoms with Gasteiger partial charge in [-0.1, -0.05) is 0 Å². The van der Waals surface area contributed by atoms with Gasteiger partial charge in [-0.05, 0) is 47.5 Å². The second kappa shape index (κ2) is 14.6. The zero-order chi connectivity index (χ0) is 36.5. The number of rotatable bonds is 12. The van der Waals surface area contributed by atoms with Gasteiger partial charge in [0.05, 0.1) is 54.7 Å². The van der Waals surface area contributed by atoms with Gasteiger partial charge in [-0.25, -0.2) is 0 Å². The smallest absolute Gasteiger partial charge is 0.231 e. The van der Waals surface area contributed by atoms with Crippen molar-refractivity contribution in [1.82, 2.24) is 9.80 Å². The summed E-state index contributed by atoms with van der Waals surface area (Å²) in [5.74, 6) is 5.04. The zero-order valence-electron chi connectivity index (χ0n) is 29.9. The average Bonchev–Trinajstić information content (AvgIpc) is 3.83. The Morgan fingerprint density at radius 1 is 0.462 bits per heavy atom. The highest BCUT2D eigenvalue weighted by atomic mass is 16.7. The standard InChI is InChI=1S/C38H42N2O12/c1-43-31-11-21(12-32(44-2)37(31)47-5)35(23-15-27-29(17-25(23)41)51-19-49-27)39-7-9-40(10-8-39)36(24-16-28-30(18-26(24)42)52-20-50-28)22-13-33(45-3)38(48-6)34(14-22)46-4/h11-18,35-36,41-42H,7-10,19-20H2,1-6H3/t35-,36-/m1/s1. The topological polar surface area (TPSA) is 139 Å². The lowest BCUT2D eigenvalue weighted by molar-refractivity contribution is 0.0879. The zero-order valence-corrected chi connectivity index (χ0v) is 29.9. The maximum atomic E-state index is 11.4. The van der Waals surface area contributed by atoms with Crippen molar-refractivity contribution in [3.05, 3.63) is 70.8 Å². The molecule has 7 rings (SSSR count). The van der Waals surface area contributed by atoms with Crippen LogP contribution in [0.4, 0.5) is 0 Å². The molecule has 3 aliphatic heterocycles. The Morgan fingerprint density at radius 2 is 0.769 bits per heavy atom. The van der Waals surface area contributed by atoms with Gasteiger partial charge in [-0.3, -0.25) is 9.80 Å². The third-order valence-corrected chi connectivity index (χ3v) is 9.72. The third kappa shape index (κ3) is 6.17. The van der Waals surface area contributed by atoms with Crippen LogP contribution in [0.2, 0.25) is 0 Å². The van der Waals surface area contributed by atoms with Crippen LogP contribution in [0.1, 0.15) is 34.3 Å². The van der Waals surface area contributed by atoms with Gasteiger partial charge in [0.2, 0.25) is 25.1 Å². The molecule has 0 saturated carbocycles. The molecule has 14 nitrogen and oxygen atoms in total. The maximum Gasteiger partial charge on any atom is 0.231 e. The summed E-state index contributed by atoms with van der Waals surface area (Å²) in [5.41, 5.74) is 2.88. The summed E-state index contributed by atoms with van der Waals surface area (Å²) in [7, 11) is 9.40. The Hall–Kier alpha value is -5.60. The minimum atomic E-state index is -0.455. The second-order valence-electron chi connectivity index (χ2n) is 12.3. The maximum absolute atomic E-state index is 11.4. The first-order valence-electron chi connectivity index (χ1n) is 16.6. The molecule has 0 aromatic heterocycles. The van der Waals surface area contributed by atoms with Crippen molar-refractivity contribution in [3.63, 3.8) is 0 Å². The summed E-state index contributed by atoms with van der Waals surface area (Å²) in [5, 5.41) is 22.9. The van der Waals surface area contributed by atoms with E-state index in [9.17, 15) is 10.2 Å². The largest absolute Gasteiger partial charge is 0.507 e. The van der Waals surface area contributed by atoms with E-state index >= 15 is 0 Å². The first kappa shape index (κ1) is 34.8. The van der Waals surface area contributed by atoms with E-state index in [4.69, 9.17) is 47.4 Å². The Labute approximate surface area is 301 Å². The molecule has 0 aliphatic carbocycles. The Bertz CT molecular complexity index is 1760. The summed E-state index contributed by atoms with van der Waals surface area (Å²) >= 11 is 0. The average molecular weight is 719 g/mol. The summed E-state index contributed by atoms with van der Waals surface area (Å²) in [4.78, 5) is 4.56. The molecule has 4 aromatic carbocycles. The molecule has 4 aromatic rings. The summed E-state index contributed by atoms with van der Waals surface area (Å²) in [6.07, 6.45) is 0. The van der Waals surface area contributed by atoms with Gasteiger partial charge < -0.3 is 57.6 Å². The van der Waals surface area contributed by atoms with Crippen molar-refractivity contribution < 1.29 is 57.6 Å². The molecular formula is C38H42N2O12. The van der Waals surface area contributed by atoms with Crippen LogP contribution in [-0.2, 0) is 0 Å². The molecular weight excluding hydrogens is 676 g/mol. The highest BCUT2D eigenvalue weighted by Crippen LogP contribution is 2.49. The van der Waals surface area contributed by atoms with Crippen molar-refractivity contribution in [1.29, 1.82) is 0 Å². The van der Waals surface area contributed by atoms with E-state index in [-0.39, 0.29) is 25.1 Å². The Kier molecular flexibility index (Phi) is 9.75. The molecule has 3 heterocycles. The van der Waals surface area contributed by atoms with Gasteiger partial charge in [0.15, 0.2) is 46.0 Å². The molecule has 0 spiro atoms. The number of fused-ring (bicyclic) bond motifs is 2. The summed E-state index contributed by atoms with van der Waals surface area (Å²) in [6.45, 7) is 2.37. The number of phenolic OH excluding ortho intramolecular Hbond substituents is 2. The van der Waals surface area contributed by atoms with E-state index in [2.05, 4.69) is 9.80 Å². The van der Waals surface area contributed by atoms with Gasteiger partial charge in [0.25, 0.3) is 0 Å². The monoisotopic (exact) mass is 718 g/mol. The Balaban J connectivity index is 1.29. The van der Waals surface area contributed by atoms with Gasteiger partial charge in [-0.15, -0.1) is 0 Å². The van der Waals surface area contributed by atoms with Crippen LogP contribution in [0.15, 0.2) is 48.5 Å². The lowest BCUT2D eigenvalue weighted by atomic mass is 9.92. The van der Waals surface area contributed by atoms with Crippen LogP contribution in [0, 0.1) is 0 Å². The van der Waals surface area contributed by atoms with Crippen LogP contribution in [0.5, 0.6) is 69.0 Å². The van der Waals surface area contributed by atoms with Crippen molar-refractivity contribution in [3.8, 4) is 69.0 Å². The van der Waals surface area contributed by atoms with Crippen molar-refractivity contribution in [2.24, 2.45) is 0 Å². The molecule has 52 heavy (non-hydrogen) atoms. The number of benzene rings is 4. The molecule has 0 bridgehead atoms. The van der Waals surface area contributed by atoms with E-state index in [1.165, 1.54) is 0 Å². The number of ether oxygens (including phenoxy) is 10. The normalized spacial score (nSPS) is 16.3. The number of phenols is 2. The van der Waals surface area contributed by atoms with Crippen LogP contribution in [0.3, 0.4) is 0 Å². The van der Waals surface area contributed by atoms with E-state index in [1.54, 1.807) is 54.8 Å². The second-order valence-corrected chi connectivity index (χ2v) is 12.3. The minimum absolute atomic E-state index is 0.0611. The number of methoxy groups -OCH3 is 6. The lowest BCUT2D eigenvalue weighted by Gasteiger charge is -2.43. The highest BCUT2D eigenvalue weighted by Gasteiger charge is 2.36. The SMILES string of the molecule is COc1cc([C@H](c2cc3c(cc2O)OCO3)N2CCN([C@H](c3cc(OC)c(OC)c(OC)c3)c3cc4c(cc3O)OCO4)CC2)cc(OC)c1OC. The fourth-order valence-electron chi connectivity index (χ4n) is 7.28. The molecule has 1 fully saturated rings. The van der Waals surface area contributed by atoms with E-state index in [0.717, 1.165) is 11.1 Å². The van der Waals surface area contributed by atoms with Crippen molar-refractivity contribution >= 4 is 0 Å². The lowest BCUT2D eigenvalue weighted by Crippen LogP contribution is -2.49. The van der Waals surface area contributed by atoms with Crippen LogP contribution >= 0.6 is 0 Å². The van der Waals surface area contributed by atoms with E-state index < -0.39 is 12.1 Å². The number of nitrogens with zero attached hydrogens (tertiary/aromatic N) is 2. The van der Waals surface area contributed by atoms with Gasteiger partial charge in [0, 0.05) is 49.4 Å². The molecule has 0 amide bonds. The number of hydrogen-bond acceptors (Lipinski definition) is 14. The molecule has 14 heteroatoms.